The summed E-state index contributed by atoms with van der Waals surface area (Å²) in [7, 11) is 0. The van der Waals surface area contributed by atoms with Crippen LogP contribution in [-0.2, 0) is 13.1 Å². The number of carbonyl (C=O) groups excluding carboxylic acids is 1. The van der Waals surface area contributed by atoms with Gasteiger partial charge < -0.3 is 9.73 Å². The Morgan fingerprint density at radius 2 is 1.96 bits per heavy atom. The highest BCUT2D eigenvalue weighted by atomic mass is 35.5. The molecule has 0 bridgehead atoms. The predicted octanol–water partition coefficient (Wildman–Crippen LogP) is 3.86. The molecule has 0 aliphatic carbocycles. The Labute approximate surface area is 149 Å². The van der Waals surface area contributed by atoms with E-state index in [2.05, 4.69) is 10.4 Å². The first-order valence-corrected chi connectivity index (χ1v) is 8.12. The molecule has 1 aromatic carbocycles. The average Bonchev–Trinajstić information content (AvgIpc) is 3.16. The van der Waals surface area contributed by atoms with Crippen molar-refractivity contribution in [1.29, 1.82) is 0 Å². The normalized spacial score (nSPS) is 10.9. The average molecular weight is 362 g/mol. The van der Waals surface area contributed by atoms with Crippen molar-refractivity contribution in [3.63, 3.8) is 0 Å². The van der Waals surface area contributed by atoms with Crippen molar-refractivity contribution in [3.8, 4) is 0 Å². The number of aryl methyl sites for hydroxylation is 1. The van der Waals surface area contributed by atoms with Gasteiger partial charge in [-0.05, 0) is 43.7 Å². The molecule has 5 nitrogen and oxygen atoms in total. The Hall–Kier alpha value is -2.60. The quantitative estimate of drug-likeness (QED) is 0.750. The number of nitrogens with one attached hydrogen (secondary N) is 1. The Kier molecular flexibility index (Phi) is 4.90. The van der Waals surface area contributed by atoms with Crippen molar-refractivity contribution in [2.24, 2.45) is 0 Å². The molecule has 0 unspecified atom stereocenters. The van der Waals surface area contributed by atoms with E-state index >= 15 is 0 Å². The molecule has 0 atom stereocenters. The van der Waals surface area contributed by atoms with Gasteiger partial charge in [0, 0.05) is 6.54 Å². The zero-order valence-corrected chi connectivity index (χ0v) is 14.6. The van der Waals surface area contributed by atoms with Crippen LogP contribution in [0.5, 0.6) is 0 Å². The minimum Gasteiger partial charge on any atom is -0.454 e. The van der Waals surface area contributed by atoms with Crippen LogP contribution >= 0.6 is 11.6 Å². The van der Waals surface area contributed by atoms with Crippen molar-refractivity contribution >= 4 is 17.5 Å². The fourth-order valence-corrected chi connectivity index (χ4v) is 2.57. The van der Waals surface area contributed by atoms with Crippen LogP contribution in [0, 0.1) is 19.7 Å². The molecule has 25 heavy (non-hydrogen) atoms. The van der Waals surface area contributed by atoms with Gasteiger partial charge in [0.2, 0.25) is 0 Å². The highest BCUT2D eigenvalue weighted by Crippen LogP contribution is 2.20. The molecule has 3 aromatic rings. The highest BCUT2D eigenvalue weighted by molar-refractivity contribution is 6.31. The SMILES string of the molecule is Cc1nn(Cc2ccc(C(=O)NCc3ccc(F)cc3)o2)c(C)c1Cl. The molecular formula is C18H17ClFN3O2. The minimum absolute atomic E-state index is 0.213. The molecule has 1 amide bonds. The third-order valence-electron chi connectivity index (χ3n) is 3.85. The van der Waals surface area contributed by atoms with E-state index in [0.29, 0.717) is 23.9 Å². The fourth-order valence-electron chi connectivity index (χ4n) is 2.43. The van der Waals surface area contributed by atoms with Gasteiger partial charge in [0.1, 0.15) is 11.6 Å². The summed E-state index contributed by atoms with van der Waals surface area (Å²) in [5.41, 5.74) is 2.40. The maximum atomic E-state index is 12.9. The summed E-state index contributed by atoms with van der Waals surface area (Å²) < 4.78 is 20.2. The second kappa shape index (κ2) is 7.11. The number of hydrogen-bond donors (Lipinski definition) is 1. The standard InChI is InChI=1S/C18H17ClFN3O2/c1-11-17(19)12(2)23(22-11)10-15-7-8-16(25-15)18(24)21-9-13-3-5-14(20)6-4-13/h3-8H,9-10H2,1-2H3,(H,21,24). The lowest BCUT2D eigenvalue weighted by atomic mass is 10.2. The van der Waals surface area contributed by atoms with Crippen LogP contribution in [0.25, 0.3) is 0 Å². The van der Waals surface area contributed by atoms with Gasteiger partial charge in [-0.15, -0.1) is 0 Å². The molecule has 0 aliphatic heterocycles. The van der Waals surface area contributed by atoms with Crippen molar-refractivity contribution in [2.45, 2.75) is 26.9 Å². The number of furan rings is 1. The van der Waals surface area contributed by atoms with Crippen LogP contribution in [0.3, 0.4) is 0 Å². The number of hydrogen-bond acceptors (Lipinski definition) is 3. The molecule has 0 fully saturated rings. The Morgan fingerprint density at radius 3 is 2.60 bits per heavy atom. The highest BCUT2D eigenvalue weighted by Gasteiger charge is 2.14. The van der Waals surface area contributed by atoms with E-state index in [9.17, 15) is 9.18 Å². The maximum Gasteiger partial charge on any atom is 0.287 e. The smallest absolute Gasteiger partial charge is 0.287 e. The van der Waals surface area contributed by atoms with Crippen molar-refractivity contribution in [3.05, 3.63) is 75.7 Å². The Morgan fingerprint density at radius 1 is 1.24 bits per heavy atom. The van der Waals surface area contributed by atoms with E-state index in [1.165, 1.54) is 12.1 Å². The molecule has 130 valence electrons. The summed E-state index contributed by atoms with van der Waals surface area (Å²) in [5.74, 6) is 0.177. The molecule has 1 N–H and O–H groups in total. The molecule has 0 saturated heterocycles. The van der Waals surface area contributed by atoms with Crippen LogP contribution < -0.4 is 5.32 Å². The van der Waals surface area contributed by atoms with Gasteiger partial charge >= 0.3 is 0 Å². The van der Waals surface area contributed by atoms with Gasteiger partial charge in [0.25, 0.3) is 5.91 Å². The van der Waals surface area contributed by atoms with Gasteiger partial charge in [-0.1, -0.05) is 23.7 Å². The first kappa shape index (κ1) is 17.2. The molecule has 0 saturated carbocycles. The Bertz CT molecular complexity index is 900. The van der Waals surface area contributed by atoms with E-state index in [1.807, 2.05) is 13.8 Å². The Balaban J connectivity index is 1.63. The lowest BCUT2D eigenvalue weighted by Gasteiger charge is -2.04. The fraction of sp³-hybridized carbons (Fsp3) is 0.222. The van der Waals surface area contributed by atoms with Gasteiger partial charge in [-0.25, -0.2) is 4.39 Å². The van der Waals surface area contributed by atoms with E-state index < -0.39 is 0 Å². The summed E-state index contributed by atoms with van der Waals surface area (Å²) in [4.78, 5) is 12.2. The van der Waals surface area contributed by atoms with E-state index in [1.54, 1.807) is 28.9 Å². The first-order chi connectivity index (χ1) is 11.9. The summed E-state index contributed by atoms with van der Waals surface area (Å²) in [5, 5.41) is 7.70. The van der Waals surface area contributed by atoms with Gasteiger partial charge in [-0.2, -0.15) is 5.10 Å². The monoisotopic (exact) mass is 361 g/mol. The van der Waals surface area contributed by atoms with Gasteiger partial charge in [0.05, 0.1) is 23.0 Å². The summed E-state index contributed by atoms with van der Waals surface area (Å²) in [6.07, 6.45) is 0. The zero-order chi connectivity index (χ0) is 18.0. The predicted molar refractivity (Wildman–Crippen MR) is 92.1 cm³/mol. The number of benzene rings is 1. The number of nitrogens with zero attached hydrogens (tertiary/aromatic N) is 2. The molecular weight excluding hydrogens is 345 g/mol. The lowest BCUT2D eigenvalue weighted by Crippen LogP contribution is -2.22. The van der Waals surface area contributed by atoms with Crippen molar-refractivity contribution in [2.75, 3.05) is 0 Å². The number of aromatic nitrogens is 2. The molecule has 0 spiro atoms. The molecule has 0 aliphatic rings. The summed E-state index contributed by atoms with van der Waals surface area (Å²) in [6.45, 7) is 4.40. The lowest BCUT2D eigenvalue weighted by molar-refractivity contribution is 0.0921. The van der Waals surface area contributed by atoms with Crippen LogP contribution in [0.4, 0.5) is 4.39 Å². The van der Waals surface area contributed by atoms with E-state index in [-0.39, 0.29) is 17.5 Å². The summed E-state index contributed by atoms with van der Waals surface area (Å²) >= 11 is 6.13. The third kappa shape index (κ3) is 3.91. The molecule has 2 heterocycles. The molecule has 3 rings (SSSR count). The number of rotatable bonds is 5. The molecule has 7 heteroatoms. The second-order valence-electron chi connectivity index (χ2n) is 5.72. The minimum atomic E-state index is -0.332. The topological polar surface area (TPSA) is 60.1 Å². The van der Waals surface area contributed by atoms with Crippen molar-refractivity contribution < 1.29 is 13.6 Å². The largest absolute Gasteiger partial charge is 0.454 e. The van der Waals surface area contributed by atoms with Crippen molar-refractivity contribution in [1.82, 2.24) is 15.1 Å². The number of amides is 1. The van der Waals surface area contributed by atoms with Gasteiger partial charge in [-0.3, -0.25) is 9.48 Å². The van der Waals surface area contributed by atoms with E-state index in [4.69, 9.17) is 16.0 Å². The van der Waals surface area contributed by atoms with E-state index in [0.717, 1.165) is 17.0 Å². The van der Waals surface area contributed by atoms with Crippen LogP contribution in [0.1, 0.15) is 33.3 Å². The van der Waals surface area contributed by atoms with Gasteiger partial charge in [0.15, 0.2) is 5.76 Å². The molecule has 2 aromatic heterocycles. The van der Waals surface area contributed by atoms with Crippen LogP contribution in [0.15, 0.2) is 40.8 Å². The zero-order valence-electron chi connectivity index (χ0n) is 13.8. The first-order valence-electron chi connectivity index (χ1n) is 7.75. The second-order valence-corrected chi connectivity index (χ2v) is 6.10. The third-order valence-corrected chi connectivity index (χ3v) is 4.40. The summed E-state index contributed by atoms with van der Waals surface area (Å²) in [6, 6.07) is 9.29. The van der Waals surface area contributed by atoms with Crippen LogP contribution in [0.2, 0.25) is 5.02 Å². The number of carbonyl (C=O) groups is 1. The molecule has 0 radical (unpaired) electrons. The maximum absolute atomic E-state index is 12.9. The number of halogens is 2. The van der Waals surface area contributed by atoms with Crippen LogP contribution in [-0.4, -0.2) is 15.7 Å².